The van der Waals surface area contributed by atoms with Crippen molar-refractivity contribution in [2.75, 3.05) is 0 Å². The molecule has 3 aliphatic rings. The van der Waals surface area contributed by atoms with E-state index in [1.54, 1.807) is 0 Å². The second-order valence-corrected chi connectivity index (χ2v) is 5.35. The minimum atomic E-state index is 0.646. The standard InChI is InChI=1S/C12H20N2/c1-2-3-9(13)14-12-10-7-4-5-8(6-7)11(10)12/h7-8,10-12H,2-6H2,1H3,(H2,13,14). The molecule has 0 aliphatic heterocycles. The molecule has 3 saturated carbocycles. The van der Waals surface area contributed by atoms with E-state index in [0.29, 0.717) is 6.04 Å². The maximum Gasteiger partial charge on any atom is 0.0940 e. The van der Waals surface area contributed by atoms with Crippen LogP contribution >= 0.6 is 0 Å². The zero-order valence-corrected chi connectivity index (χ0v) is 8.95. The first-order valence-corrected chi connectivity index (χ1v) is 6.13. The number of aliphatic imine (C=N–C) groups is 1. The Labute approximate surface area is 86.0 Å². The van der Waals surface area contributed by atoms with Crippen LogP contribution in [0.2, 0.25) is 0 Å². The molecular formula is C12H20N2. The van der Waals surface area contributed by atoms with Crippen molar-refractivity contribution in [3.05, 3.63) is 0 Å². The molecule has 4 unspecified atom stereocenters. The number of nitrogens with zero attached hydrogens (tertiary/aromatic N) is 1. The molecule has 0 saturated heterocycles. The predicted octanol–water partition coefficient (Wildman–Crippen LogP) is 2.19. The maximum atomic E-state index is 5.89. The highest BCUT2D eigenvalue weighted by molar-refractivity contribution is 5.80. The Kier molecular flexibility index (Phi) is 1.86. The fourth-order valence-corrected chi connectivity index (χ4v) is 3.96. The van der Waals surface area contributed by atoms with E-state index < -0.39 is 0 Å². The highest BCUT2D eigenvalue weighted by Crippen LogP contribution is 2.66. The summed E-state index contributed by atoms with van der Waals surface area (Å²) in [5, 5.41) is 0. The van der Waals surface area contributed by atoms with Crippen LogP contribution in [0, 0.1) is 23.7 Å². The van der Waals surface area contributed by atoms with Crippen molar-refractivity contribution in [1.82, 2.24) is 0 Å². The Balaban J connectivity index is 1.66. The Morgan fingerprint density at radius 3 is 2.50 bits per heavy atom. The molecular weight excluding hydrogens is 172 g/mol. The lowest BCUT2D eigenvalue weighted by atomic mass is 10.0. The average molecular weight is 192 g/mol. The minimum absolute atomic E-state index is 0.646. The van der Waals surface area contributed by atoms with E-state index in [2.05, 4.69) is 6.92 Å². The molecule has 0 heterocycles. The van der Waals surface area contributed by atoms with Crippen molar-refractivity contribution < 1.29 is 0 Å². The minimum Gasteiger partial charge on any atom is -0.387 e. The van der Waals surface area contributed by atoms with Gasteiger partial charge < -0.3 is 5.73 Å². The van der Waals surface area contributed by atoms with Gasteiger partial charge >= 0.3 is 0 Å². The molecule has 4 atom stereocenters. The normalized spacial score (nSPS) is 49.5. The number of fused-ring (bicyclic) bond motifs is 5. The summed E-state index contributed by atoms with van der Waals surface area (Å²) in [7, 11) is 0. The molecule has 2 heteroatoms. The smallest absolute Gasteiger partial charge is 0.0940 e. The first-order valence-electron chi connectivity index (χ1n) is 6.13. The zero-order chi connectivity index (χ0) is 9.71. The van der Waals surface area contributed by atoms with Gasteiger partial charge in [-0.25, -0.2) is 0 Å². The van der Waals surface area contributed by atoms with E-state index in [-0.39, 0.29) is 0 Å². The van der Waals surface area contributed by atoms with Gasteiger partial charge in [-0.15, -0.1) is 0 Å². The highest BCUT2D eigenvalue weighted by Gasteiger charge is 2.65. The second kappa shape index (κ2) is 2.98. The van der Waals surface area contributed by atoms with Crippen LogP contribution in [0.4, 0.5) is 0 Å². The van der Waals surface area contributed by atoms with Crippen molar-refractivity contribution in [3.8, 4) is 0 Å². The molecule has 3 fully saturated rings. The predicted molar refractivity (Wildman–Crippen MR) is 58.1 cm³/mol. The van der Waals surface area contributed by atoms with Crippen LogP contribution in [0.5, 0.6) is 0 Å². The quantitative estimate of drug-likeness (QED) is 0.540. The van der Waals surface area contributed by atoms with E-state index in [4.69, 9.17) is 10.7 Å². The highest BCUT2D eigenvalue weighted by atomic mass is 15.0. The van der Waals surface area contributed by atoms with E-state index in [1.165, 1.54) is 19.3 Å². The molecule has 0 spiro atoms. The number of rotatable bonds is 3. The van der Waals surface area contributed by atoms with Gasteiger partial charge in [0.05, 0.1) is 11.9 Å². The van der Waals surface area contributed by atoms with Gasteiger partial charge in [-0.3, -0.25) is 4.99 Å². The summed E-state index contributed by atoms with van der Waals surface area (Å²) in [5.41, 5.74) is 5.89. The van der Waals surface area contributed by atoms with Gasteiger partial charge in [-0.1, -0.05) is 6.92 Å². The number of amidine groups is 1. The van der Waals surface area contributed by atoms with E-state index in [0.717, 1.165) is 42.3 Å². The first kappa shape index (κ1) is 8.75. The van der Waals surface area contributed by atoms with Crippen molar-refractivity contribution >= 4 is 5.84 Å². The van der Waals surface area contributed by atoms with Gasteiger partial charge in [-0.2, -0.15) is 0 Å². The lowest BCUT2D eigenvalue weighted by molar-refractivity contribution is 0.456. The zero-order valence-electron chi connectivity index (χ0n) is 8.95. The molecule has 0 radical (unpaired) electrons. The van der Waals surface area contributed by atoms with Crippen LogP contribution in [0.3, 0.4) is 0 Å². The first-order chi connectivity index (χ1) is 6.81. The molecule has 2 nitrogen and oxygen atoms in total. The Morgan fingerprint density at radius 1 is 1.29 bits per heavy atom. The van der Waals surface area contributed by atoms with E-state index in [9.17, 15) is 0 Å². The van der Waals surface area contributed by atoms with E-state index >= 15 is 0 Å². The van der Waals surface area contributed by atoms with Crippen LogP contribution in [0.25, 0.3) is 0 Å². The van der Waals surface area contributed by atoms with Crippen molar-refractivity contribution in [2.45, 2.75) is 45.1 Å². The lowest BCUT2D eigenvalue weighted by Crippen LogP contribution is -2.14. The Hall–Kier alpha value is -0.530. The summed E-state index contributed by atoms with van der Waals surface area (Å²) in [6.07, 6.45) is 6.58. The van der Waals surface area contributed by atoms with Crippen molar-refractivity contribution in [3.63, 3.8) is 0 Å². The average Bonchev–Trinajstić information content (AvgIpc) is 2.60. The van der Waals surface area contributed by atoms with Gasteiger partial charge in [0.15, 0.2) is 0 Å². The van der Waals surface area contributed by atoms with Crippen molar-refractivity contribution in [2.24, 2.45) is 34.4 Å². The molecule has 2 N–H and O–H groups in total. The summed E-state index contributed by atoms with van der Waals surface area (Å²) in [6.45, 7) is 2.17. The summed E-state index contributed by atoms with van der Waals surface area (Å²) in [5.74, 6) is 4.85. The fraction of sp³-hybridized carbons (Fsp3) is 0.917. The molecule has 0 aromatic carbocycles. The van der Waals surface area contributed by atoms with E-state index in [1.807, 2.05) is 0 Å². The molecule has 0 amide bonds. The van der Waals surface area contributed by atoms with Gasteiger partial charge in [0, 0.05) is 6.42 Å². The number of hydrogen-bond donors (Lipinski definition) is 1. The maximum absolute atomic E-state index is 5.89. The SMILES string of the molecule is CCCC(N)=NC1C2C3CCC(C3)C12. The summed E-state index contributed by atoms with van der Waals surface area (Å²) < 4.78 is 0. The molecule has 3 rings (SSSR count). The largest absolute Gasteiger partial charge is 0.387 e. The topological polar surface area (TPSA) is 38.4 Å². The van der Waals surface area contributed by atoms with Crippen LogP contribution in [-0.4, -0.2) is 11.9 Å². The van der Waals surface area contributed by atoms with Crippen LogP contribution < -0.4 is 5.73 Å². The Morgan fingerprint density at radius 2 is 1.93 bits per heavy atom. The molecule has 2 bridgehead atoms. The van der Waals surface area contributed by atoms with Crippen molar-refractivity contribution in [1.29, 1.82) is 0 Å². The van der Waals surface area contributed by atoms with Crippen LogP contribution in [0.1, 0.15) is 39.0 Å². The third-order valence-electron chi connectivity index (χ3n) is 4.52. The Bertz CT molecular complexity index is 255. The molecule has 0 aromatic rings. The van der Waals surface area contributed by atoms with Gasteiger partial charge in [0.1, 0.15) is 0 Å². The summed E-state index contributed by atoms with van der Waals surface area (Å²) in [4.78, 5) is 4.70. The van der Waals surface area contributed by atoms with Crippen LogP contribution in [-0.2, 0) is 0 Å². The molecule has 14 heavy (non-hydrogen) atoms. The second-order valence-electron chi connectivity index (χ2n) is 5.35. The molecule has 3 aliphatic carbocycles. The number of hydrogen-bond acceptors (Lipinski definition) is 1. The third-order valence-corrected chi connectivity index (χ3v) is 4.52. The number of nitrogens with two attached hydrogens (primary N) is 1. The fourth-order valence-electron chi connectivity index (χ4n) is 3.96. The monoisotopic (exact) mass is 192 g/mol. The summed E-state index contributed by atoms with van der Waals surface area (Å²) in [6, 6.07) is 0.646. The van der Waals surface area contributed by atoms with Gasteiger partial charge in [-0.05, 0) is 49.4 Å². The molecule has 78 valence electrons. The molecule has 0 aromatic heterocycles. The van der Waals surface area contributed by atoms with Gasteiger partial charge in [0.25, 0.3) is 0 Å². The van der Waals surface area contributed by atoms with Crippen LogP contribution in [0.15, 0.2) is 4.99 Å². The van der Waals surface area contributed by atoms with Gasteiger partial charge in [0.2, 0.25) is 0 Å². The summed E-state index contributed by atoms with van der Waals surface area (Å²) >= 11 is 0. The third kappa shape index (κ3) is 1.12. The lowest BCUT2D eigenvalue weighted by Gasteiger charge is -2.05.